The number of nitrogens with one attached hydrogen (secondary N) is 1. The van der Waals surface area contributed by atoms with Crippen LogP contribution in [0.2, 0.25) is 10.0 Å². The van der Waals surface area contributed by atoms with Crippen molar-refractivity contribution in [2.24, 2.45) is 0 Å². The lowest BCUT2D eigenvalue weighted by Crippen LogP contribution is -2.14. The van der Waals surface area contributed by atoms with E-state index in [9.17, 15) is 13.2 Å². The normalized spacial score (nSPS) is 11.3. The van der Waals surface area contributed by atoms with E-state index in [-0.39, 0.29) is 20.7 Å². The van der Waals surface area contributed by atoms with E-state index in [1.54, 1.807) is 19.1 Å². The molecule has 2 aromatic rings. The third-order valence-electron chi connectivity index (χ3n) is 3.09. The Morgan fingerprint density at radius 3 is 2.32 bits per heavy atom. The van der Waals surface area contributed by atoms with Gasteiger partial charge in [-0.05, 0) is 43.7 Å². The zero-order valence-corrected chi connectivity index (χ0v) is 14.2. The summed E-state index contributed by atoms with van der Waals surface area (Å²) in [7, 11) is -3.82. The van der Waals surface area contributed by atoms with Crippen molar-refractivity contribution in [3.05, 3.63) is 57.6 Å². The average molecular weight is 358 g/mol. The lowest BCUT2D eigenvalue weighted by molar-refractivity contribution is 0.101. The molecule has 7 heteroatoms. The summed E-state index contributed by atoms with van der Waals surface area (Å²) in [4.78, 5) is 11.4. The highest BCUT2D eigenvalue weighted by molar-refractivity contribution is 7.92. The third kappa shape index (κ3) is 3.61. The summed E-state index contributed by atoms with van der Waals surface area (Å²) in [6.45, 7) is 3.17. The molecular formula is C15H13Cl2NO3S. The number of carbonyl (C=O) groups is 1. The minimum Gasteiger partial charge on any atom is -0.295 e. The molecule has 1 N–H and O–H groups in total. The van der Waals surface area contributed by atoms with Gasteiger partial charge in [-0.25, -0.2) is 8.42 Å². The van der Waals surface area contributed by atoms with Crippen molar-refractivity contribution < 1.29 is 13.2 Å². The van der Waals surface area contributed by atoms with E-state index >= 15 is 0 Å². The predicted molar refractivity (Wildman–Crippen MR) is 88.5 cm³/mol. The van der Waals surface area contributed by atoms with Gasteiger partial charge in [-0.3, -0.25) is 9.52 Å². The Morgan fingerprint density at radius 2 is 1.73 bits per heavy atom. The molecule has 2 aromatic carbocycles. The number of hydrogen-bond donors (Lipinski definition) is 1. The van der Waals surface area contributed by atoms with Crippen LogP contribution in [0.5, 0.6) is 0 Å². The summed E-state index contributed by atoms with van der Waals surface area (Å²) < 4.78 is 27.3. The molecule has 0 atom stereocenters. The van der Waals surface area contributed by atoms with Gasteiger partial charge < -0.3 is 0 Å². The van der Waals surface area contributed by atoms with Crippen molar-refractivity contribution in [2.45, 2.75) is 18.7 Å². The molecule has 0 heterocycles. The second-order valence-electron chi connectivity index (χ2n) is 4.77. The molecule has 0 aromatic heterocycles. The second kappa shape index (κ2) is 6.28. The molecule has 4 nitrogen and oxygen atoms in total. The van der Waals surface area contributed by atoms with Crippen molar-refractivity contribution in [3.8, 4) is 0 Å². The van der Waals surface area contributed by atoms with Gasteiger partial charge in [0.2, 0.25) is 0 Å². The van der Waals surface area contributed by atoms with E-state index in [1.165, 1.54) is 31.2 Å². The monoisotopic (exact) mass is 357 g/mol. The Labute approximate surface area is 139 Å². The van der Waals surface area contributed by atoms with Crippen molar-refractivity contribution >= 4 is 44.7 Å². The first kappa shape index (κ1) is 16.8. The topological polar surface area (TPSA) is 63.2 Å². The quantitative estimate of drug-likeness (QED) is 0.829. The molecule has 0 fully saturated rings. The van der Waals surface area contributed by atoms with Crippen LogP contribution >= 0.6 is 23.2 Å². The highest BCUT2D eigenvalue weighted by Gasteiger charge is 2.17. The maximum absolute atomic E-state index is 12.4. The van der Waals surface area contributed by atoms with E-state index in [2.05, 4.69) is 4.72 Å². The smallest absolute Gasteiger partial charge is 0.261 e. The lowest BCUT2D eigenvalue weighted by Gasteiger charge is -2.12. The van der Waals surface area contributed by atoms with Gasteiger partial charge in [0, 0.05) is 5.56 Å². The second-order valence-corrected chi connectivity index (χ2v) is 7.26. The van der Waals surface area contributed by atoms with E-state index in [0.29, 0.717) is 16.8 Å². The minimum absolute atomic E-state index is 0.00507. The first-order chi connectivity index (χ1) is 10.2. The van der Waals surface area contributed by atoms with Crippen LogP contribution in [0, 0.1) is 6.92 Å². The summed E-state index contributed by atoms with van der Waals surface area (Å²) >= 11 is 11.6. The zero-order chi connectivity index (χ0) is 16.5. The number of hydrogen-bond acceptors (Lipinski definition) is 3. The molecule has 0 radical (unpaired) electrons. The summed E-state index contributed by atoms with van der Waals surface area (Å²) in [6.07, 6.45) is 0. The van der Waals surface area contributed by atoms with Crippen LogP contribution in [0.25, 0.3) is 0 Å². The molecule has 0 saturated heterocycles. The zero-order valence-electron chi connectivity index (χ0n) is 11.9. The number of anilines is 1. The van der Waals surface area contributed by atoms with Crippen LogP contribution in [0.1, 0.15) is 22.8 Å². The molecule has 0 amide bonds. The van der Waals surface area contributed by atoms with Crippen molar-refractivity contribution in [1.29, 1.82) is 0 Å². The standard InChI is InChI=1S/C15H13Cl2NO3S/c1-9-3-4-11(10(2)19)7-15(9)18-22(20,21)12-5-6-13(16)14(17)8-12/h3-8,18H,1-2H3. The first-order valence-electron chi connectivity index (χ1n) is 6.30. The molecule has 22 heavy (non-hydrogen) atoms. The van der Waals surface area contributed by atoms with Crippen LogP contribution in [0.3, 0.4) is 0 Å². The Bertz CT molecular complexity index is 848. The molecule has 2 rings (SSSR count). The van der Waals surface area contributed by atoms with Gasteiger partial charge in [0.25, 0.3) is 10.0 Å². The van der Waals surface area contributed by atoms with Crippen molar-refractivity contribution in [2.75, 3.05) is 4.72 Å². The first-order valence-corrected chi connectivity index (χ1v) is 8.54. The molecule has 0 aliphatic rings. The third-order valence-corrected chi connectivity index (χ3v) is 5.19. The van der Waals surface area contributed by atoms with Gasteiger partial charge in [0.15, 0.2) is 5.78 Å². The van der Waals surface area contributed by atoms with Crippen LogP contribution in [0.15, 0.2) is 41.3 Å². The van der Waals surface area contributed by atoms with E-state index in [4.69, 9.17) is 23.2 Å². The number of sulfonamides is 1. The molecule has 0 saturated carbocycles. The fraction of sp³-hybridized carbons (Fsp3) is 0.133. The summed E-state index contributed by atoms with van der Waals surface area (Å²) in [6, 6.07) is 8.89. The predicted octanol–water partition coefficient (Wildman–Crippen LogP) is 4.31. The van der Waals surface area contributed by atoms with E-state index in [1.807, 2.05) is 0 Å². The molecular weight excluding hydrogens is 345 g/mol. The Kier molecular flexibility index (Phi) is 4.80. The van der Waals surface area contributed by atoms with Crippen molar-refractivity contribution in [3.63, 3.8) is 0 Å². The molecule has 0 bridgehead atoms. The SMILES string of the molecule is CC(=O)c1ccc(C)c(NS(=O)(=O)c2ccc(Cl)c(Cl)c2)c1. The summed E-state index contributed by atoms with van der Waals surface area (Å²) in [5, 5.41) is 0.425. The Morgan fingerprint density at radius 1 is 1.05 bits per heavy atom. The highest BCUT2D eigenvalue weighted by Crippen LogP contribution is 2.27. The van der Waals surface area contributed by atoms with Gasteiger partial charge in [-0.2, -0.15) is 0 Å². The van der Waals surface area contributed by atoms with Gasteiger partial charge in [0.1, 0.15) is 0 Å². The van der Waals surface area contributed by atoms with Crippen LogP contribution < -0.4 is 4.72 Å². The van der Waals surface area contributed by atoms with Gasteiger partial charge >= 0.3 is 0 Å². The number of Topliss-reactive ketones (excluding diaryl/α,β-unsaturated/α-hetero) is 1. The van der Waals surface area contributed by atoms with Crippen LogP contribution in [0.4, 0.5) is 5.69 Å². The van der Waals surface area contributed by atoms with Gasteiger partial charge in [0.05, 0.1) is 20.6 Å². The highest BCUT2D eigenvalue weighted by atomic mass is 35.5. The number of halogens is 2. The van der Waals surface area contributed by atoms with Crippen LogP contribution in [-0.4, -0.2) is 14.2 Å². The van der Waals surface area contributed by atoms with E-state index < -0.39 is 10.0 Å². The summed E-state index contributed by atoms with van der Waals surface area (Å²) in [5.41, 5.74) is 1.48. The number of benzene rings is 2. The molecule has 116 valence electrons. The minimum atomic E-state index is -3.82. The number of carbonyl (C=O) groups excluding carboxylic acids is 1. The average Bonchev–Trinajstić information content (AvgIpc) is 2.43. The maximum atomic E-state index is 12.4. The number of rotatable bonds is 4. The fourth-order valence-electron chi connectivity index (χ4n) is 1.80. The maximum Gasteiger partial charge on any atom is 0.261 e. The van der Waals surface area contributed by atoms with Gasteiger partial charge in [-0.15, -0.1) is 0 Å². The molecule has 0 spiro atoms. The Balaban J connectivity index is 2.42. The molecule has 0 aliphatic carbocycles. The lowest BCUT2D eigenvalue weighted by atomic mass is 10.1. The van der Waals surface area contributed by atoms with Crippen LogP contribution in [-0.2, 0) is 10.0 Å². The molecule has 0 aliphatic heterocycles. The largest absolute Gasteiger partial charge is 0.295 e. The van der Waals surface area contributed by atoms with E-state index in [0.717, 1.165) is 0 Å². The number of aryl methyl sites for hydroxylation is 1. The van der Waals surface area contributed by atoms with Crippen molar-refractivity contribution in [1.82, 2.24) is 0 Å². The van der Waals surface area contributed by atoms with Gasteiger partial charge in [-0.1, -0.05) is 35.3 Å². The summed E-state index contributed by atoms with van der Waals surface area (Å²) in [5.74, 6) is -0.144. The Hall–Kier alpha value is -1.56. The fourth-order valence-corrected chi connectivity index (χ4v) is 3.31. The molecule has 0 unspecified atom stereocenters. The number of ketones is 1.